The van der Waals surface area contributed by atoms with Gasteiger partial charge in [-0.05, 0) is 42.4 Å². The summed E-state index contributed by atoms with van der Waals surface area (Å²) in [5.41, 5.74) is 1.36. The van der Waals surface area contributed by atoms with Crippen LogP contribution in [0, 0.1) is 17.7 Å². The lowest BCUT2D eigenvalue weighted by Gasteiger charge is -2.42. The third kappa shape index (κ3) is 2.62. The predicted octanol–water partition coefficient (Wildman–Crippen LogP) is 3.33. The predicted molar refractivity (Wildman–Crippen MR) is 74.6 cm³/mol. The van der Waals surface area contributed by atoms with Gasteiger partial charge in [0.2, 0.25) is 0 Å². The maximum Gasteiger partial charge on any atom is 0.146 e. The number of piperidine rings is 1. The largest absolute Gasteiger partial charge is 0.392 e. The summed E-state index contributed by atoms with van der Waals surface area (Å²) in [6.07, 6.45) is 6.58. The first kappa shape index (κ1) is 12.9. The summed E-state index contributed by atoms with van der Waals surface area (Å²) in [5, 5.41) is 9.04. The molecule has 1 aliphatic carbocycles. The number of hydrogen-bond acceptors (Lipinski definition) is 2. The molecule has 2 nitrogen and oxygen atoms in total. The molecule has 1 N–H and O–H groups in total. The van der Waals surface area contributed by atoms with Crippen LogP contribution >= 0.6 is 0 Å². The molecule has 0 amide bonds. The van der Waals surface area contributed by atoms with Crippen molar-refractivity contribution >= 4 is 5.69 Å². The molecule has 1 heterocycles. The van der Waals surface area contributed by atoms with Gasteiger partial charge in [0, 0.05) is 13.1 Å². The van der Waals surface area contributed by atoms with Crippen LogP contribution in [0.25, 0.3) is 0 Å². The highest BCUT2D eigenvalue weighted by Gasteiger charge is 2.31. The minimum Gasteiger partial charge on any atom is -0.392 e. The molecule has 2 unspecified atom stereocenters. The van der Waals surface area contributed by atoms with E-state index in [0.29, 0.717) is 11.3 Å². The van der Waals surface area contributed by atoms with Crippen LogP contribution in [-0.4, -0.2) is 18.2 Å². The smallest absolute Gasteiger partial charge is 0.146 e. The van der Waals surface area contributed by atoms with Gasteiger partial charge in [0.15, 0.2) is 0 Å². The number of aliphatic hydroxyl groups excluding tert-OH is 1. The average Bonchev–Trinajstić information content (AvgIpc) is 2.46. The van der Waals surface area contributed by atoms with Gasteiger partial charge in [0.05, 0.1) is 12.3 Å². The summed E-state index contributed by atoms with van der Waals surface area (Å²) in [7, 11) is 0. The van der Waals surface area contributed by atoms with Crippen LogP contribution in [0.4, 0.5) is 10.1 Å². The fraction of sp³-hybridized carbons (Fsp3) is 0.625. The summed E-state index contributed by atoms with van der Waals surface area (Å²) in [6.45, 7) is 1.87. The quantitative estimate of drug-likeness (QED) is 0.884. The summed E-state index contributed by atoms with van der Waals surface area (Å²) in [4.78, 5) is 2.20. The first-order valence-electron chi connectivity index (χ1n) is 7.42. The maximum absolute atomic E-state index is 14.1. The van der Waals surface area contributed by atoms with Crippen molar-refractivity contribution in [1.82, 2.24) is 0 Å². The van der Waals surface area contributed by atoms with E-state index in [1.807, 2.05) is 12.1 Å². The third-order valence-corrected chi connectivity index (χ3v) is 4.83. The standard InChI is InChI=1S/C16H22FNO/c17-15-9-12(11-19)5-6-16(15)18-8-7-13-3-1-2-4-14(13)10-18/h5-6,9,13-14,19H,1-4,7-8,10-11H2. The van der Waals surface area contributed by atoms with Gasteiger partial charge in [-0.1, -0.05) is 25.3 Å². The molecule has 104 valence electrons. The van der Waals surface area contributed by atoms with Gasteiger partial charge in [-0.25, -0.2) is 4.39 Å². The summed E-state index contributed by atoms with van der Waals surface area (Å²) in [5.74, 6) is 1.42. The molecule has 3 heteroatoms. The number of fused-ring (bicyclic) bond motifs is 1. The van der Waals surface area contributed by atoms with Crippen LogP contribution in [0.2, 0.25) is 0 Å². The molecular weight excluding hydrogens is 241 g/mol. The van der Waals surface area contributed by atoms with E-state index >= 15 is 0 Å². The molecular formula is C16H22FNO. The van der Waals surface area contributed by atoms with Crippen molar-refractivity contribution in [2.24, 2.45) is 11.8 Å². The number of rotatable bonds is 2. The van der Waals surface area contributed by atoms with Crippen molar-refractivity contribution < 1.29 is 9.50 Å². The molecule has 19 heavy (non-hydrogen) atoms. The van der Waals surface area contributed by atoms with Crippen molar-refractivity contribution in [3.05, 3.63) is 29.6 Å². The van der Waals surface area contributed by atoms with Crippen molar-refractivity contribution in [2.75, 3.05) is 18.0 Å². The first-order chi connectivity index (χ1) is 9.28. The van der Waals surface area contributed by atoms with Crippen LogP contribution < -0.4 is 4.90 Å². The highest BCUT2D eigenvalue weighted by molar-refractivity contribution is 5.49. The Hall–Kier alpha value is -1.09. The Balaban J connectivity index is 1.75. The fourth-order valence-electron chi connectivity index (χ4n) is 3.72. The molecule has 1 saturated heterocycles. The molecule has 1 aromatic rings. The Bertz CT molecular complexity index is 448. The number of halogens is 1. The molecule has 0 spiro atoms. The highest BCUT2D eigenvalue weighted by Crippen LogP contribution is 2.38. The molecule has 0 radical (unpaired) electrons. The molecule has 2 fully saturated rings. The molecule has 3 rings (SSSR count). The van der Waals surface area contributed by atoms with Gasteiger partial charge in [0.25, 0.3) is 0 Å². The lowest BCUT2D eigenvalue weighted by Crippen LogP contribution is -2.42. The minimum atomic E-state index is -0.194. The average molecular weight is 263 g/mol. The summed E-state index contributed by atoms with van der Waals surface area (Å²) >= 11 is 0. The van der Waals surface area contributed by atoms with Gasteiger partial charge in [-0.15, -0.1) is 0 Å². The Kier molecular flexibility index (Phi) is 3.74. The van der Waals surface area contributed by atoms with Gasteiger partial charge >= 0.3 is 0 Å². The number of aliphatic hydroxyl groups is 1. The van der Waals surface area contributed by atoms with E-state index in [1.165, 1.54) is 38.2 Å². The molecule has 0 aromatic heterocycles. The molecule has 0 bridgehead atoms. The van der Waals surface area contributed by atoms with Gasteiger partial charge in [-0.3, -0.25) is 0 Å². The van der Waals surface area contributed by atoms with E-state index in [1.54, 1.807) is 0 Å². The van der Waals surface area contributed by atoms with Crippen LogP contribution in [-0.2, 0) is 6.61 Å². The zero-order valence-electron chi connectivity index (χ0n) is 11.3. The Morgan fingerprint density at radius 1 is 1.16 bits per heavy atom. The number of benzene rings is 1. The minimum absolute atomic E-state index is 0.0953. The highest BCUT2D eigenvalue weighted by atomic mass is 19.1. The summed E-state index contributed by atoms with van der Waals surface area (Å²) in [6, 6.07) is 5.11. The lowest BCUT2D eigenvalue weighted by atomic mass is 9.75. The Labute approximate surface area is 114 Å². The zero-order valence-corrected chi connectivity index (χ0v) is 11.3. The van der Waals surface area contributed by atoms with Gasteiger partial charge in [0.1, 0.15) is 5.82 Å². The molecule has 1 aromatic carbocycles. The Morgan fingerprint density at radius 2 is 1.95 bits per heavy atom. The second-order valence-corrected chi connectivity index (χ2v) is 5.98. The van der Waals surface area contributed by atoms with Crippen LogP contribution in [0.5, 0.6) is 0 Å². The summed E-state index contributed by atoms with van der Waals surface area (Å²) < 4.78 is 14.1. The second-order valence-electron chi connectivity index (χ2n) is 5.98. The van der Waals surface area contributed by atoms with Crippen LogP contribution in [0.15, 0.2) is 18.2 Å². The number of anilines is 1. The van der Waals surface area contributed by atoms with E-state index in [2.05, 4.69) is 4.90 Å². The van der Waals surface area contributed by atoms with Crippen molar-refractivity contribution in [2.45, 2.75) is 38.7 Å². The van der Waals surface area contributed by atoms with Gasteiger partial charge in [-0.2, -0.15) is 0 Å². The van der Waals surface area contributed by atoms with E-state index in [-0.39, 0.29) is 12.4 Å². The second kappa shape index (κ2) is 5.49. The van der Waals surface area contributed by atoms with E-state index in [9.17, 15) is 4.39 Å². The number of nitrogens with zero attached hydrogens (tertiary/aromatic N) is 1. The maximum atomic E-state index is 14.1. The fourth-order valence-corrected chi connectivity index (χ4v) is 3.72. The van der Waals surface area contributed by atoms with Crippen molar-refractivity contribution in [3.63, 3.8) is 0 Å². The van der Waals surface area contributed by atoms with Crippen LogP contribution in [0.3, 0.4) is 0 Å². The van der Waals surface area contributed by atoms with E-state index in [4.69, 9.17) is 5.11 Å². The molecule has 2 aliphatic rings. The first-order valence-corrected chi connectivity index (χ1v) is 7.42. The number of hydrogen-bond donors (Lipinski definition) is 1. The zero-order chi connectivity index (χ0) is 13.2. The monoisotopic (exact) mass is 263 g/mol. The molecule has 2 atom stereocenters. The SMILES string of the molecule is OCc1ccc(N2CCC3CCCCC3C2)c(F)c1. The van der Waals surface area contributed by atoms with Crippen molar-refractivity contribution in [1.29, 1.82) is 0 Å². The third-order valence-electron chi connectivity index (χ3n) is 4.83. The van der Waals surface area contributed by atoms with Gasteiger partial charge < -0.3 is 10.0 Å². The van der Waals surface area contributed by atoms with E-state index in [0.717, 1.165) is 24.9 Å². The topological polar surface area (TPSA) is 23.5 Å². The van der Waals surface area contributed by atoms with Crippen LogP contribution in [0.1, 0.15) is 37.7 Å². The normalized spacial score (nSPS) is 27.2. The molecule has 1 aliphatic heterocycles. The van der Waals surface area contributed by atoms with Crippen molar-refractivity contribution in [3.8, 4) is 0 Å². The lowest BCUT2D eigenvalue weighted by molar-refractivity contribution is 0.202. The Morgan fingerprint density at radius 3 is 2.68 bits per heavy atom. The molecule has 1 saturated carbocycles. The van der Waals surface area contributed by atoms with E-state index < -0.39 is 0 Å².